The molecular weight excluding hydrogens is 461 g/mol. The molecule has 1 aliphatic rings. The van der Waals surface area contributed by atoms with Crippen LogP contribution in [0.2, 0.25) is 0 Å². The molecule has 4 aromatic rings. The molecule has 11 heteroatoms. The van der Waals surface area contributed by atoms with Crippen molar-refractivity contribution in [1.82, 2.24) is 25.1 Å². The van der Waals surface area contributed by atoms with Crippen molar-refractivity contribution in [3.63, 3.8) is 0 Å². The Labute approximate surface area is 197 Å². The lowest BCUT2D eigenvalue weighted by Crippen LogP contribution is -2.46. The minimum Gasteiger partial charge on any atom is -0.345 e. The third-order valence-corrected chi connectivity index (χ3v) is 5.80. The number of fused-ring (bicyclic) bond motifs is 1. The maximum absolute atomic E-state index is 13.6. The van der Waals surface area contributed by atoms with Crippen molar-refractivity contribution in [2.75, 3.05) is 4.90 Å². The molecule has 0 saturated carbocycles. The number of anilines is 1. The standard InChI is InChI=1S/C24H19F3N6O2/c1-24(26,27)22(35)31-18-10-20(34)32(21(18)14-5-3-2-4-6-14)17-7-8-19-15(9-17)11-30-33(19)23-28-12-16(25)13-29-23/h2-9,11-13,18,21H,10H2,1H3,(H,31,35)/t18?,21-/m1/s1. The van der Waals surface area contributed by atoms with Crippen LogP contribution in [0.5, 0.6) is 0 Å². The molecule has 3 heterocycles. The summed E-state index contributed by atoms with van der Waals surface area (Å²) >= 11 is 0. The minimum absolute atomic E-state index is 0.137. The number of nitrogens with zero attached hydrogens (tertiary/aromatic N) is 5. The Hall–Kier alpha value is -4.28. The first-order valence-corrected chi connectivity index (χ1v) is 10.7. The van der Waals surface area contributed by atoms with E-state index < -0.39 is 29.7 Å². The lowest BCUT2D eigenvalue weighted by molar-refractivity contribution is -0.143. The van der Waals surface area contributed by atoms with E-state index in [1.54, 1.807) is 54.7 Å². The van der Waals surface area contributed by atoms with E-state index in [-0.39, 0.29) is 18.3 Å². The van der Waals surface area contributed by atoms with Gasteiger partial charge in [-0.2, -0.15) is 18.6 Å². The van der Waals surface area contributed by atoms with Crippen molar-refractivity contribution in [3.05, 3.63) is 78.5 Å². The van der Waals surface area contributed by atoms with Gasteiger partial charge in [0.1, 0.15) is 0 Å². The highest BCUT2D eigenvalue weighted by Gasteiger charge is 2.45. The van der Waals surface area contributed by atoms with E-state index in [1.807, 2.05) is 0 Å². The molecule has 178 valence electrons. The van der Waals surface area contributed by atoms with Crippen molar-refractivity contribution in [2.45, 2.75) is 31.4 Å². The van der Waals surface area contributed by atoms with E-state index in [2.05, 4.69) is 20.4 Å². The van der Waals surface area contributed by atoms with Crippen LogP contribution in [0.1, 0.15) is 24.9 Å². The molecule has 1 unspecified atom stereocenters. The zero-order valence-corrected chi connectivity index (χ0v) is 18.4. The summed E-state index contributed by atoms with van der Waals surface area (Å²) in [6.45, 7) is 0.519. The van der Waals surface area contributed by atoms with Crippen LogP contribution in [0.4, 0.5) is 18.9 Å². The van der Waals surface area contributed by atoms with Gasteiger partial charge in [0.2, 0.25) is 5.91 Å². The average molecular weight is 480 g/mol. The van der Waals surface area contributed by atoms with Crippen LogP contribution in [0.3, 0.4) is 0 Å². The van der Waals surface area contributed by atoms with E-state index in [1.165, 1.54) is 9.58 Å². The second kappa shape index (κ2) is 8.49. The quantitative estimate of drug-likeness (QED) is 0.472. The summed E-state index contributed by atoms with van der Waals surface area (Å²) in [5, 5.41) is 7.27. The van der Waals surface area contributed by atoms with E-state index >= 15 is 0 Å². The summed E-state index contributed by atoms with van der Waals surface area (Å²) in [5.41, 5.74) is 1.83. The number of rotatable bonds is 5. The summed E-state index contributed by atoms with van der Waals surface area (Å²) < 4.78 is 41.8. The third kappa shape index (κ3) is 4.20. The first kappa shape index (κ1) is 22.5. The zero-order chi connectivity index (χ0) is 24.7. The van der Waals surface area contributed by atoms with E-state index in [0.29, 0.717) is 29.1 Å². The molecule has 0 radical (unpaired) electrons. The summed E-state index contributed by atoms with van der Waals surface area (Å²) in [7, 11) is 0. The number of carbonyl (C=O) groups is 2. The van der Waals surface area contributed by atoms with E-state index in [9.17, 15) is 22.8 Å². The lowest BCUT2D eigenvalue weighted by Gasteiger charge is -2.29. The molecule has 0 aliphatic carbocycles. The predicted molar refractivity (Wildman–Crippen MR) is 120 cm³/mol. The van der Waals surface area contributed by atoms with Crippen molar-refractivity contribution in [3.8, 4) is 5.95 Å². The Morgan fingerprint density at radius 2 is 1.80 bits per heavy atom. The number of aromatic nitrogens is 4. The number of carbonyl (C=O) groups excluding carboxylic acids is 2. The molecule has 2 amide bonds. The van der Waals surface area contributed by atoms with Crippen molar-refractivity contribution >= 4 is 28.4 Å². The van der Waals surface area contributed by atoms with Gasteiger partial charge in [0.15, 0.2) is 5.82 Å². The molecule has 5 rings (SSSR count). The molecule has 35 heavy (non-hydrogen) atoms. The van der Waals surface area contributed by atoms with Crippen LogP contribution in [0.25, 0.3) is 16.9 Å². The van der Waals surface area contributed by atoms with E-state index in [0.717, 1.165) is 12.4 Å². The van der Waals surface area contributed by atoms with Crippen molar-refractivity contribution in [1.29, 1.82) is 0 Å². The van der Waals surface area contributed by atoms with Gasteiger partial charge in [-0.25, -0.2) is 14.4 Å². The normalized spacial score (nSPS) is 18.3. The minimum atomic E-state index is -3.58. The molecule has 2 aromatic heterocycles. The number of alkyl halides is 2. The monoisotopic (exact) mass is 480 g/mol. The summed E-state index contributed by atoms with van der Waals surface area (Å²) in [6, 6.07) is 12.5. The fourth-order valence-electron chi connectivity index (χ4n) is 4.24. The predicted octanol–water partition coefficient (Wildman–Crippen LogP) is 3.57. The number of halogens is 3. The van der Waals surface area contributed by atoms with Gasteiger partial charge < -0.3 is 10.2 Å². The second-order valence-corrected chi connectivity index (χ2v) is 8.29. The molecule has 8 nitrogen and oxygen atoms in total. The van der Waals surface area contributed by atoms with Gasteiger partial charge in [-0.3, -0.25) is 9.59 Å². The number of hydrogen-bond donors (Lipinski definition) is 1. The fraction of sp³-hybridized carbons (Fsp3) is 0.208. The average Bonchev–Trinajstić information content (AvgIpc) is 3.39. The van der Waals surface area contributed by atoms with Crippen LogP contribution in [0, 0.1) is 5.82 Å². The van der Waals surface area contributed by atoms with Gasteiger partial charge >= 0.3 is 5.92 Å². The van der Waals surface area contributed by atoms with Gasteiger partial charge in [-0.15, -0.1) is 0 Å². The number of benzene rings is 2. The Bertz CT molecular complexity index is 1400. The van der Waals surface area contributed by atoms with Crippen LogP contribution >= 0.6 is 0 Å². The summed E-state index contributed by atoms with van der Waals surface area (Å²) in [5.74, 6) is -5.73. The first-order valence-electron chi connectivity index (χ1n) is 10.7. The van der Waals surface area contributed by atoms with Crippen molar-refractivity contribution in [2.24, 2.45) is 0 Å². The maximum atomic E-state index is 13.6. The number of amides is 2. The molecule has 1 fully saturated rings. The molecule has 2 atom stereocenters. The number of hydrogen-bond acceptors (Lipinski definition) is 5. The third-order valence-electron chi connectivity index (χ3n) is 5.80. The highest BCUT2D eigenvalue weighted by atomic mass is 19.3. The highest BCUT2D eigenvalue weighted by molar-refractivity contribution is 6.00. The van der Waals surface area contributed by atoms with Crippen LogP contribution in [-0.4, -0.2) is 43.5 Å². The summed E-state index contributed by atoms with van der Waals surface area (Å²) in [6.07, 6.45) is 3.49. The second-order valence-electron chi connectivity index (χ2n) is 8.29. The van der Waals surface area contributed by atoms with Crippen molar-refractivity contribution < 1.29 is 22.8 Å². The van der Waals surface area contributed by atoms with Gasteiger partial charge in [-0.1, -0.05) is 30.3 Å². The highest BCUT2D eigenvalue weighted by Crippen LogP contribution is 2.39. The summed E-state index contributed by atoms with van der Waals surface area (Å²) in [4.78, 5) is 34.5. The van der Waals surface area contributed by atoms with E-state index in [4.69, 9.17) is 0 Å². The van der Waals surface area contributed by atoms with Gasteiger partial charge in [0, 0.05) is 24.4 Å². The number of nitrogens with one attached hydrogen (secondary N) is 1. The van der Waals surface area contributed by atoms with Crippen LogP contribution in [0.15, 0.2) is 67.1 Å². The molecular formula is C24H19F3N6O2. The van der Waals surface area contributed by atoms with Crippen LogP contribution in [-0.2, 0) is 9.59 Å². The molecule has 0 bridgehead atoms. The molecule has 1 N–H and O–H groups in total. The van der Waals surface area contributed by atoms with Crippen LogP contribution < -0.4 is 10.2 Å². The zero-order valence-electron chi connectivity index (χ0n) is 18.4. The van der Waals surface area contributed by atoms with Gasteiger partial charge in [-0.05, 0) is 23.8 Å². The SMILES string of the molecule is CC(F)(F)C(=O)NC1CC(=O)N(c2ccc3c(cnn3-c3ncc(F)cn3)c2)[C@@H]1c1ccccc1. The smallest absolute Gasteiger partial charge is 0.321 e. The molecule has 1 saturated heterocycles. The molecule has 2 aromatic carbocycles. The van der Waals surface area contributed by atoms with Gasteiger partial charge in [0.05, 0.1) is 36.2 Å². The Morgan fingerprint density at radius 1 is 1.09 bits per heavy atom. The fourth-order valence-corrected chi connectivity index (χ4v) is 4.24. The Kier molecular flexibility index (Phi) is 5.46. The topological polar surface area (TPSA) is 93.0 Å². The first-order chi connectivity index (χ1) is 16.7. The maximum Gasteiger partial charge on any atom is 0.321 e. The lowest BCUT2D eigenvalue weighted by atomic mass is 9.99. The molecule has 0 spiro atoms. The Morgan fingerprint density at radius 3 is 2.49 bits per heavy atom. The Balaban J connectivity index is 1.53. The molecule has 1 aliphatic heterocycles. The largest absolute Gasteiger partial charge is 0.345 e. The van der Waals surface area contributed by atoms with Gasteiger partial charge in [0.25, 0.3) is 11.9 Å².